The van der Waals surface area contributed by atoms with Gasteiger partial charge in [0, 0.05) is 13.3 Å². The molecule has 6 nitrogen and oxygen atoms in total. The molecule has 2 aromatic heterocycles. The van der Waals surface area contributed by atoms with E-state index in [1.807, 2.05) is 0 Å². The van der Waals surface area contributed by atoms with Crippen molar-refractivity contribution in [1.29, 1.82) is 0 Å². The molecular weight excluding hydrogens is 279 g/mol. The Hall–Kier alpha value is -1.21. The number of aromatic nitrogens is 3. The molecule has 2 rings (SSSR count). The standard InChI is InChI=1S/C10H10Cl2N4O2/c1-17-4-7(13)10-15-9(16-18-10)8-6(12)2-5(11)3-14-8/h2-3,7H,4,13H2,1H3. The number of pyridine rings is 1. The number of hydrogen-bond donors (Lipinski definition) is 1. The van der Waals surface area contributed by atoms with Crippen LogP contribution in [0.1, 0.15) is 11.9 Å². The van der Waals surface area contributed by atoms with Crippen LogP contribution in [0, 0.1) is 0 Å². The summed E-state index contributed by atoms with van der Waals surface area (Å²) in [6.07, 6.45) is 1.45. The Labute approximate surface area is 113 Å². The van der Waals surface area contributed by atoms with Gasteiger partial charge in [0.05, 0.1) is 16.7 Å². The smallest absolute Gasteiger partial charge is 0.246 e. The maximum absolute atomic E-state index is 5.99. The van der Waals surface area contributed by atoms with Gasteiger partial charge in [0.25, 0.3) is 0 Å². The van der Waals surface area contributed by atoms with Crippen molar-refractivity contribution < 1.29 is 9.26 Å². The number of halogens is 2. The van der Waals surface area contributed by atoms with Crippen molar-refractivity contribution in [2.45, 2.75) is 6.04 Å². The van der Waals surface area contributed by atoms with E-state index in [1.54, 1.807) is 6.07 Å². The Kier molecular flexibility index (Phi) is 4.13. The zero-order valence-corrected chi connectivity index (χ0v) is 10.9. The summed E-state index contributed by atoms with van der Waals surface area (Å²) in [6, 6.07) is 1.07. The van der Waals surface area contributed by atoms with E-state index in [-0.39, 0.29) is 18.3 Å². The van der Waals surface area contributed by atoms with Crippen molar-refractivity contribution in [3.05, 3.63) is 28.2 Å². The van der Waals surface area contributed by atoms with E-state index in [0.29, 0.717) is 15.7 Å². The lowest BCUT2D eigenvalue weighted by molar-refractivity contribution is 0.166. The zero-order valence-electron chi connectivity index (χ0n) is 9.43. The van der Waals surface area contributed by atoms with Crippen LogP contribution in [-0.2, 0) is 4.74 Å². The van der Waals surface area contributed by atoms with Gasteiger partial charge in [-0.25, -0.2) is 4.98 Å². The normalized spacial score (nSPS) is 12.7. The van der Waals surface area contributed by atoms with E-state index in [9.17, 15) is 0 Å². The summed E-state index contributed by atoms with van der Waals surface area (Å²) in [4.78, 5) is 8.16. The fourth-order valence-corrected chi connectivity index (χ4v) is 1.78. The summed E-state index contributed by atoms with van der Waals surface area (Å²) in [5.41, 5.74) is 6.15. The minimum Gasteiger partial charge on any atom is -0.383 e. The molecule has 0 fully saturated rings. The fourth-order valence-electron chi connectivity index (χ4n) is 1.31. The van der Waals surface area contributed by atoms with Gasteiger partial charge in [-0.15, -0.1) is 0 Å². The first-order valence-corrected chi connectivity index (χ1v) is 5.77. The van der Waals surface area contributed by atoms with Crippen LogP contribution in [0.25, 0.3) is 11.5 Å². The van der Waals surface area contributed by atoms with Gasteiger partial charge in [-0.1, -0.05) is 28.4 Å². The second kappa shape index (κ2) is 5.62. The summed E-state index contributed by atoms with van der Waals surface area (Å²) in [6.45, 7) is 0.281. The predicted octanol–water partition coefficient (Wildman–Crippen LogP) is 2.08. The number of rotatable bonds is 4. The summed E-state index contributed by atoms with van der Waals surface area (Å²) < 4.78 is 9.92. The second-order valence-electron chi connectivity index (χ2n) is 3.50. The van der Waals surface area contributed by atoms with Crippen LogP contribution in [0.4, 0.5) is 0 Å². The van der Waals surface area contributed by atoms with Crippen molar-refractivity contribution in [1.82, 2.24) is 15.1 Å². The number of methoxy groups -OCH3 is 1. The highest BCUT2D eigenvalue weighted by atomic mass is 35.5. The molecule has 0 bridgehead atoms. The highest BCUT2D eigenvalue weighted by Gasteiger charge is 2.18. The molecule has 1 unspecified atom stereocenters. The third kappa shape index (κ3) is 2.78. The molecule has 1 atom stereocenters. The lowest BCUT2D eigenvalue weighted by Gasteiger charge is -2.02. The molecule has 0 radical (unpaired) electrons. The van der Waals surface area contributed by atoms with Crippen molar-refractivity contribution >= 4 is 23.2 Å². The van der Waals surface area contributed by atoms with Crippen LogP contribution >= 0.6 is 23.2 Å². The van der Waals surface area contributed by atoms with Gasteiger partial charge in [0.1, 0.15) is 11.7 Å². The molecule has 0 amide bonds. The molecule has 2 aromatic rings. The third-order valence-electron chi connectivity index (χ3n) is 2.12. The molecule has 0 saturated heterocycles. The Morgan fingerprint density at radius 1 is 1.50 bits per heavy atom. The van der Waals surface area contributed by atoms with Gasteiger partial charge >= 0.3 is 0 Å². The fraction of sp³-hybridized carbons (Fsp3) is 0.300. The van der Waals surface area contributed by atoms with E-state index in [2.05, 4.69) is 15.1 Å². The number of hydrogen-bond acceptors (Lipinski definition) is 6. The van der Waals surface area contributed by atoms with Crippen LogP contribution in [0.3, 0.4) is 0 Å². The quantitative estimate of drug-likeness (QED) is 0.927. The first-order chi connectivity index (χ1) is 8.61. The molecule has 2 N–H and O–H groups in total. The molecule has 96 valence electrons. The number of ether oxygens (including phenoxy) is 1. The van der Waals surface area contributed by atoms with E-state index in [4.69, 9.17) is 38.2 Å². The summed E-state index contributed by atoms with van der Waals surface area (Å²) >= 11 is 11.7. The van der Waals surface area contributed by atoms with Crippen LogP contribution < -0.4 is 5.73 Å². The van der Waals surface area contributed by atoms with Crippen molar-refractivity contribution in [3.8, 4) is 11.5 Å². The van der Waals surface area contributed by atoms with Gasteiger partial charge in [-0.2, -0.15) is 4.98 Å². The molecule has 0 aliphatic carbocycles. The summed E-state index contributed by atoms with van der Waals surface area (Å²) in [5.74, 6) is 0.526. The number of nitrogens with zero attached hydrogens (tertiary/aromatic N) is 3. The third-order valence-corrected chi connectivity index (χ3v) is 2.62. The van der Waals surface area contributed by atoms with Crippen LogP contribution in [0.15, 0.2) is 16.8 Å². The molecular formula is C10H10Cl2N4O2. The van der Waals surface area contributed by atoms with Gasteiger partial charge in [0.2, 0.25) is 11.7 Å². The maximum atomic E-state index is 5.99. The minimum absolute atomic E-state index is 0.262. The average Bonchev–Trinajstić information content (AvgIpc) is 2.78. The monoisotopic (exact) mass is 288 g/mol. The number of nitrogens with two attached hydrogens (primary N) is 1. The Morgan fingerprint density at radius 2 is 2.28 bits per heavy atom. The first-order valence-electron chi connectivity index (χ1n) is 5.01. The SMILES string of the molecule is COCC(N)c1nc(-c2ncc(Cl)cc2Cl)no1. The van der Waals surface area contributed by atoms with Crippen LogP contribution in [0.2, 0.25) is 10.0 Å². The topological polar surface area (TPSA) is 87.1 Å². The Balaban J connectivity index is 2.29. The Bertz CT molecular complexity index is 546. The van der Waals surface area contributed by atoms with E-state index in [1.165, 1.54) is 13.3 Å². The summed E-state index contributed by atoms with van der Waals surface area (Å²) in [7, 11) is 1.54. The van der Waals surface area contributed by atoms with E-state index >= 15 is 0 Å². The zero-order chi connectivity index (χ0) is 13.1. The van der Waals surface area contributed by atoms with Crippen LogP contribution in [-0.4, -0.2) is 28.8 Å². The molecule has 0 spiro atoms. The lowest BCUT2D eigenvalue weighted by Crippen LogP contribution is -2.16. The Morgan fingerprint density at radius 3 is 2.94 bits per heavy atom. The highest BCUT2D eigenvalue weighted by molar-refractivity contribution is 6.35. The molecule has 8 heteroatoms. The molecule has 0 aromatic carbocycles. The average molecular weight is 289 g/mol. The van der Waals surface area contributed by atoms with Gasteiger partial charge in [0.15, 0.2) is 0 Å². The van der Waals surface area contributed by atoms with Gasteiger partial charge < -0.3 is 15.0 Å². The highest BCUT2D eigenvalue weighted by Crippen LogP contribution is 2.26. The first kappa shape index (κ1) is 13.2. The van der Waals surface area contributed by atoms with E-state index in [0.717, 1.165) is 0 Å². The van der Waals surface area contributed by atoms with Crippen molar-refractivity contribution in [3.63, 3.8) is 0 Å². The lowest BCUT2D eigenvalue weighted by atomic mass is 10.3. The van der Waals surface area contributed by atoms with Gasteiger partial charge in [-0.3, -0.25) is 0 Å². The molecule has 18 heavy (non-hydrogen) atoms. The van der Waals surface area contributed by atoms with Crippen molar-refractivity contribution in [2.75, 3.05) is 13.7 Å². The molecule has 2 heterocycles. The van der Waals surface area contributed by atoms with Crippen LogP contribution in [0.5, 0.6) is 0 Å². The maximum Gasteiger partial charge on any atom is 0.246 e. The molecule has 0 saturated carbocycles. The second-order valence-corrected chi connectivity index (χ2v) is 4.35. The molecule has 0 aliphatic rings. The van der Waals surface area contributed by atoms with Crippen molar-refractivity contribution in [2.24, 2.45) is 5.73 Å². The largest absolute Gasteiger partial charge is 0.383 e. The van der Waals surface area contributed by atoms with E-state index < -0.39 is 6.04 Å². The van der Waals surface area contributed by atoms with Gasteiger partial charge in [-0.05, 0) is 6.07 Å². The minimum atomic E-state index is -0.484. The summed E-state index contributed by atoms with van der Waals surface area (Å²) in [5, 5.41) is 4.55. The predicted molar refractivity (Wildman–Crippen MR) is 66.4 cm³/mol. The molecule has 0 aliphatic heterocycles.